The van der Waals surface area contributed by atoms with E-state index in [-0.39, 0.29) is 11.3 Å². The van der Waals surface area contributed by atoms with E-state index in [4.69, 9.17) is 9.47 Å². The highest BCUT2D eigenvalue weighted by molar-refractivity contribution is 5.90. The second kappa shape index (κ2) is 7.38. The smallest absolute Gasteiger partial charge is 0.291 e. The number of piperidine rings is 1. The minimum Gasteiger partial charge on any atom is -0.381 e. The third-order valence-electron chi connectivity index (χ3n) is 6.10. The second-order valence-corrected chi connectivity index (χ2v) is 7.73. The van der Waals surface area contributed by atoms with Gasteiger partial charge < -0.3 is 14.4 Å². The molecule has 3 aliphatic rings. The maximum absolute atomic E-state index is 12.6. The average Bonchev–Trinajstić information content (AvgIpc) is 3.49. The quantitative estimate of drug-likeness (QED) is 0.818. The van der Waals surface area contributed by atoms with Gasteiger partial charge in [-0.2, -0.15) is 0 Å². The van der Waals surface area contributed by atoms with Gasteiger partial charge in [-0.3, -0.25) is 4.79 Å². The number of aromatic nitrogens is 2. The topological polar surface area (TPSA) is 64.6 Å². The van der Waals surface area contributed by atoms with Gasteiger partial charge in [0.2, 0.25) is 5.82 Å². The first-order valence-corrected chi connectivity index (χ1v) is 9.49. The molecule has 6 nitrogen and oxygen atoms in total. The Balaban J connectivity index is 1.35. The number of hydrogen-bond donors (Lipinski definition) is 0. The van der Waals surface area contributed by atoms with E-state index in [1.54, 1.807) is 18.5 Å². The molecular weight excluding hydrogens is 318 g/mol. The first-order valence-electron chi connectivity index (χ1n) is 9.49. The van der Waals surface area contributed by atoms with Gasteiger partial charge in [0.15, 0.2) is 0 Å². The third kappa shape index (κ3) is 3.85. The SMILES string of the molecule is O=C(c1ncccn1)N1CCC2(CCOC[C@@H]2COCC2CC2)CC1. The van der Waals surface area contributed by atoms with E-state index in [1.807, 2.05) is 4.90 Å². The molecule has 25 heavy (non-hydrogen) atoms. The van der Waals surface area contributed by atoms with Gasteiger partial charge in [0, 0.05) is 44.6 Å². The molecule has 2 aliphatic heterocycles. The van der Waals surface area contributed by atoms with E-state index in [0.717, 1.165) is 64.7 Å². The Hall–Kier alpha value is -1.53. The van der Waals surface area contributed by atoms with Crippen molar-refractivity contribution in [2.45, 2.75) is 32.1 Å². The Morgan fingerprint density at radius 1 is 1.20 bits per heavy atom. The van der Waals surface area contributed by atoms with Crippen LogP contribution in [-0.2, 0) is 9.47 Å². The summed E-state index contributed by atoms with van der Waals surface area (Å²) >= 11 is 0. The summed E-state index contributed by atoms with van der Waals surface area (Å²) in [5, 5.41) is 0. The molecule has 0 unspecified atom stereocenters. The Labute approximate surface area is 148 Å². The lowest BCUT2D eigenvalue weighted by Crippen LogP contribution is -2.50. The first-order chi connectivity index (χ1) is 12.3. The van der Waals surface area contributed by atoms with Gasteiger partial charge in [0.25, 0.3) is 5.91 Å². The normalized spacial score (nSPS) is 25.9. The van der Waals surface area contributed by atoms with E-state index in [9.17, 15) is 4.79 Å². The van der Waals surface area contributed by atoms with Crippen molar-refractivity contribution in [1.82, 2.24) is 14.9 Å². The zero-order valence-corrected chi connectivity index (χ0v) is 14.7. The number of carbonyl (C=O) groups excluding carboxylic acids is 1. The monoisotopic (exact) mass is 345 g/mol. The highest BCUT2D eigenvalue weighted by atomic mass is 16.5. The molecule has 0 bridgehead atoms. The van der Waals surface area contributed by atoms with Crippen molar-refractivity contribution in [2.75, 3.05) is 39.5 Å². The van der Waals surface area contributed by atoms with E-state index in [2.05, 4.69) is 9.97 Å². The van der Waals surface area contributed by atoms with Crippen LogP contribution in [0.2, 0.25) is 0 Å². The number of ether oxygens (including phenoxy) is 2. The van der Waals surface area contributed by atoms with Gasteiger partial charge in [0.1, 0.15) is 0 Å². The van der Waals surface area contributed by atoms with Crippen LogP contribution in [0.15, 0.2) is 18.5 Å². The summed E-state index contributed by atoms with van der Waals surface area (Å²) in [6.07, 6.45) is 9.01. The fourth-order valence-electron chi connectivity index (χ4n) is 4.13. The number of carbonyl (C=O) groups is 1. The van der Waals surface area contributed by atoms with Crippen LogP contribution in [0.3, 0.4) is 0 Å². The standard InChI is InChI=1S/C19H27N3O3/c23-18(17-20-7-1-8-21-17)22-9-4-19(5-10-22)6-11-24-13-16(19)14-25-12-15-2-3-15/h1,7-8,15-16H,2-6,9-14H2/t16-/m1/s1. The van der Waals surface area contributed by atoms with Crippen molar-refractivity contribution in [3.8, 4) is 0 Å². The summed E-state index contributed by atoms with van der Waals surface area (Å²) in [5.74, 6) is 1.50. The highest BCUT2D eigenvalue weighted by Gasteiger charge is 2.44. The van der Waals surface area contributed by atoms with Crippen LogP contribution in [-0.4, -0.2) is 60.3 Å². The summed E-state index contributed by atoms with van der Waals surface area (Å²) < 4.78 is 11.7. The predicted molar refractivity (Wildman–Crippen MR) is 92.1 cm³/mol. The summed E-state index contributed by atoms with van der Waals surface area (Å²) in [6, 6.07) is 1.73. The summed E-state index contributed by atoms with van der Waals surface area (Å²) in [7, 11) is 0. The maximum atomic E-state index is 12.6. The van der Waals surface area contributed by atoms with Gasteiger partial charge in [0.05, 0.1) is 13.2 Å². The van der Waals surface area contributed by atoms with Crippen molar-refractivity contribution in [1.29, 1.82) is 0 Å². The molecule has 1 aromatic heterocycles. The molecule has 6 heteroatoms. The molecule has 0 aromatic carbocycles. The van der Waals surface area contributed by atoms with Crippen molar-refractivity contribution >= 4 is 5.91 Å². The van der Waals surface area contributed by atoms with Gasteiger partial charge in [-0.15, -0.1) is 0 Å². The molecule has 0 N–H and O–H groups in total. The number of hydrogen-bond acceptors (Lipinski definition) is 5. The fourth-order valence-corrected chi connectivity index (χ4v) is 4.13. The zero-order chi connectivity index (χ0) is 17.1. The summed E-state index contributed by atoms with van der Waals surface area (Å²) in [4.78, 5) is 22.6. The van der Waals surface area contributed by atoms with Gasteiger partial charge in [-0.1, -0.05) is 0 Å². The second-order valence-electron chi connectivity index (χ2n) is 7.73. The molecule has 1 aliphatic carbocycles. The zero-order valence-electron chi connectivity index (χ0n) is 14.7. The van der Waals surface area contributed by atoms with Crippen molar-refractivity contribution in [3.05, 3.63) is 24.3 Å². The van der Waals surface area contributed by atoms with Crippen molar-refractivity contribution in [3.63, 3.8) is 0 Å². The summed E-state index contributed by atoms with van der Waals surface area (Å²) in [6.45, 7) is 4.87. The average molecular weight is 345 g/mol. The van der Waals surface area contributed by atoms with Gasteiger partial charge in [-0.05, 0) is 49.5 Å². The van der Waals surface area contributed by atoms with E-state index >= 15 is 0 Å². The van der Waals surface area contributed by atoms with Crippen LogP contribution in [0.5, 0.6) is 0 Å². The molecule has 1 atom stereocenters. The van der Waals surface area contributed by atoms with Crippen LogP contribution in [0.1, 0.15) is 42.7 Å². The molecule has 1 spiro atoms. The third-order valence-corrected chi connectivity index (χ3v) is 6.10. The largest absolute Gasteiger partial charge is 0.381 e. The molecule has 2 saturated heterocycles. The molecule has 3 heterocycles. The predicted octanol–water partition coefficient (Wildman–Crippen LogP) is 2.16. The molecule has 0 radical (unpaired) electrons. The van der Waals surface area contributed by atoms with Crippen molar-refractivity contribution in [2.24, 2.45) is 17.3 Å². The van der Waals surface area contributed by atoms with Crippen molar-refractivity contribution < 1.29 is 14.3 Å². The van der Waals surface area contributed by atoms with Crippen LogP contribution < -0.4 is 0 Å². The minimum absolute atomic E-state index is 0.0518. The van der Waals surface area contributed by atoms with Crippen LogP contribution in [0, 0.1) is 17.3 Å². The highest BCUT2D eigenvalue weighted by Crippen LogP contribution is 2.45. The number of nitrogens with zero attached hydrogens (tertiary/aromatic N) is 3. The molecule has 4 rings (SSSR count). The van der Waals surface area contributed by atoms with Gasteiger partial charge >= 0.3 is 0 Å². The summed E-state index contributed by atoms with van der Waals surface area (Å²) in [5.41, 5.74) is 0.260. The first kappa shape index (κ1) is 16.9. The number of rotatable bonds is 5. The Bertz CT molecular complexity index is 583. The molecule has 3 fully saturated rings. The fraction of sp³-hybridized carbons (Fsp3) is 0.737. The Morgan fingerprint density at radius 3 is 2.68 bits per heavy atom. The number of amides is 1. The molecule has 1 aromatic rings. The van der Waals surface area contributed by atoms with Crippen LogP contribution in [0.25, 0.3) is 0 Å². The Morgan fingerprint density at radius 2 is 1.96 bits per heavy atom. The van der Waals surface area contributed by atoms with E-state index in [1.165, 1.54) is 12.8 Å². The number of likely N-dealkylation sites (tertiary alicyclic amines) is 1. The lowest BCUT2D eigenvalue weighted by Gasteiger charge is -2.48. The lowest BCUT2D eigenvalue weighted by molar-refractivity contribution is -0.0976. The van der Waals surface area contributed by atoms with Gasteiger partial charge in [-0.25, -0.2) is 9.97 Å². The van der Waals surface area contributed by atoms with E-state index in [0.29, 0.717) is 11.7 Å². The molecule has 1 amide bonds. The molecule has 136 valence electrons. The van der Waals surface area contributed by atoms with E-state index < -0.39 is 0 Å². The molecule has 1 saturated carbocycles. The maximum Gasteiger partial charge on any atom is 0.291 e. The Kier molecular flexibility index (Phi) is 4.99. The minimum atomic E-state index is -0.0518. The van der Waals surface area contributed by atoms with Crippen LogP contribution in [0.4, 0.5) is 0 Å². The molecular formula is C19H27N3O3. The van der Waals surface area contributed by atoms with Crippen LogP contribution >= 0.6 is 0 Å². The lowest BCUT2D eigenvalue weighted by atomic mass is 9.66.